The highest BCUT2D eigenvalue weighted by Crippen LogP contribution is 2.36. The SMILES string of the molecule is CN1C(=O)CC(C(=O)NCCCN2CCNCC2)C1c1ccccc1.Cl. The van der Waals surface area contributed by atoms with E-state index >= 15 is 0 Å². The second-order valence-corrected chi connectivity index (χ2v) is 6.91. The van der Waals surface area contributed by atoms with Crippen LogP contribution in [0.15, 0.2) is 30.3 Å². The highest BCUT2D eigenvalue weighted by molar-refractivity contribution is 5.90. The van der Waals surface area contributed by atoms with Crippen molar-refractivity contribution >= 4 is 24.2 Å². The number of halogens is 1. The molecule has 0 radical (unpaired) electrons. The number of hydrogen-bond acceptors (Lipinski definition) is 4. The van der Waals surface area contributed by atoms with Crippen molar-refractivity contribution in [1.82, 2.24) is 20.4 Å². The van der Waals surface area contributed by atoms with Gasteiger partial charge in [-0.1, -0.05) is 30.3 Å². The number of benzene rings is 1. The standard InChI is InChI=1S/C19H28N4O2.ClH/c1-22-17(24)14-16(18(22)15-6-3-2-4-7-15)19(25)21-8-5-11-23-12-9-20-10-13-23;/h2-4,6-7,16,18,20H,5,8-14H2,1H3,(H,21,25);1H. The van der Waals surface area contributed by atoms with Gasteiger partial charge in [0.25, 0.3) is 0 Å². The van der Waals surface area contributed by atoms with Crippen LogP contribution >= 0.6 is 12.4 Å². The maximum absolute atomic E-state index is 12.7. The second kappa shape index (κ2) is 9.90. The first kappa shape index (κ1) is 20.7. The summed E-state index contributed by atoms with van der Waals surface area (Å²) in [6.45, 7) is 5.91. The Morgan fingerprint density at radius 3 is 2.62 bits per heavy atom. The molecule has 1 aromatic carbocycles. The third-order valence-corrected chi connectivity index (χ3v) is 5.22. The first-order valence-electron chi connectivity index (χ1n) is 9.18. The summed E-state index contributed by atoms with van der Waals surface area (Å²) in [5.41, 5.74) is 1.02. The maximum atomic E-state index is 12.7. The van der Waals surface area contributed by atoms with Crippen LogP contribution in [-0.4, -0.2) is 67.9 Å². The number of piperazine rings is 1. The molecule has 2 fully saturated rings. The molecule has 2 unspecified atom stereocenters. The third-order valence-electron chi connectivity index (χ3n) is 5.22. The summed E-state index contributed by atoms with van der Waals surface area (Å²) in [5.74, 6) is -0.277. The van der Waals surface area contributed by atoms with Crippen LogP contribution in [0.5, 0.6) is 0 Å². The average molecular weight is 381 g/mol. The van der Waals surface area contributed by atoms with E-state index in [1.807, 2.05) is 30.3 Å². The number of rotatable bonds is 6. The van der Waals surface area contributed by atoms with E-state index in [-0.39, 0.29) is 36.2 Å². The summed E-state index contributed by atoms with van der Waals surface area (Å²) >= 11 is 0. The van der Waals surface area contributed by atoms with E-state index in [0.717, 1.165) is 44.7 Å². The molecule has 2 amide bonds. The molecule has 2 aliphatic rings. The van der Waals surface area contributed by atoms with Crippen molar-refractivity contribution < 1.29 is 9.59 Å². The normalized spacial score (nSPS) is 23.6. The molecule has 2 N–H and O–H groups in total. The van der Waals surface area contributed by atoms with E-state index in [1.54, 1.807) is 11.9 Å². The zero-order chi connectivity index (χ0) is 17.6. The molecule has 0 bridgehead atoms. The molecule has 2 atom stereocenters. The minimum absolute atomic E-state index is 0. The van der Waals surface area contributed by atoms with Gasteiger partial charge in [0.15, 0.2) is 0 Å². The molecule has 144 valence electrons. The third kappa shape index (κ3) is 4.96. The van der Waals surface area contributed by atoms with Gasteiger partial charge >= 0.3 is 0 Å². The number of nitrogens with one attached hydrogen (secondary N) is 2. The number of hydrogen-bond donors (Lipinski definition) is 2. The van der Waals surface area contributed by atoms with Gasteiger partial charge < -0.3 is 20.4 Å². The van der Waals surface area contributed by atoms with Gasteiger partial charge in [0, 0.05) is 46.2 Å². The Hall–Kier alpha value is -1.63. The topological polar surface area (TPSA) is 64.7 Å². The van der Waals surface area contributed by atoms with E-state index in [1.165, 1.54) is 0 Å². The first-order chi connectivity index (χ1) is 12.2. The van der Waals surface area contributed by atoms with Crippen LogP contribution in [0.2, 0.25) is 0 Å². The van der Waals surface area contributed by atoms with Crippen LogP contribution in [0.4, 0.5) is 0 Å². The number of carbonyl (C=O) groups excluding carboxylic acids is 2. The summed E-state index contributed by atoms with van der Waals surface area (Å²) in [7, 11) is 1.79. The van der Waals surface area contributed by atoms with E-state index in [9.17, 15) is 9.59 Å². The predicted octanol–water partition coefficient (Wildman–Crippen LogP) is 1.04. The molecule has 0 aliphatic carbocycles. The number of likely N-dealkylation sites (tertiary alicyclic amines) is 1. The van der Waals surface area contributed by atoms with Crippen molar-refractivity contribution in [2.75, 3.05) is 46.3 Å². The Balaban J connectivity index is 0.00000243. The van der Waals surface area contributed by atoms with E-state index in [0.29, 0.717) is 13.0 Å². The number of carbonyl (C=O) groups is 2. The summed E-state index contributed by atoms with van der Waals surface area (Å²) in [6, 6.07) is 9.67. The number of amides is 2. The lowest BCUT2D eigenvalue weighted by molar-refractivity contribution is -0.128. The number of nitrogens with zero attached hydrogens (tertiary/aromatic N) is 2. The van der Waals surface area contributed by atoms with Crippen molar-refractivity contribution in [2.45, 2.75) is 18.9 Å². The zero-order valence-corrected chi connectivity index (χ0v) is 16.1. The quantitative estimate of drug-likeness (QED) is 0.724. The van der Waals surface area contributed by atoms with Crippen LogP contribution in [0, 0.1) is 5.92 Å². The lowest BCUT2D eigenvalue weighted by Gasteiger charge is -2.27. The molecule has 1 aromatic rings. The van der Waals surface area contributed by atoms with Crippen LogP contribution in [0.3, 0.4) is 0 Å². The first-order valence-corrected chi connectivity index (χ1v) is 9.18. The van der Waals surface area contributed by atoms with E-state index in [4.69, 9.17) is 0 Å². The Labute approximate surface area is 161 Å². The Morgan fingerprint density at radius 2 is 1.92 bits per heavy atom. The zero-order valence-electron chi connectivity index (χ0n) is 15.3. The molecule has 0 spiro atoms. The van der Waals surface area contributed by atoms with Gasteiger partial charge in [-0.2, -0.15) is 0 Å². The van der Waals surface area contributed by atoms with Gasteiger partial charge in [-0.15, -0.1) is 12.4 Å². The van der Waals surface area contributed by atoms with Gasteiger partial charge in [-0.05, 0) is 18.5 Å². The Morgan fingerprint density at radius 1 is 1.23 bits per heavy atom. The summed E-state index contributed by atoms with van der Waals surface area (Å²) in [5, 5.41) is 6.39. The Bertz CT molecular complexity index is 592. The van der Waals surface area contributed by atoms with Gasteiger partial charge in [0.05, 0.1) is 12.0 Å². The molecule has 2 saturated heterocycles. The molecule has 6 nitrogen and oxygen atoms in total. The minimum atomic E-state index is -0.306. The minimum Gasteiger partial charge on any atom is -0.356 e. The fraction of sp³-hybridized carbons (Fsp3) is 0.579. The van der Waals surface area contributed by atoms with Gasteiger partial charge in [0.2, 0.25) is 11.8 Å². The van der Waals surface area contributed by atoms with Gasteiger partial charge in [-0.3, -0.25) is 9.59 Å². The highest BCUT2D eigenvalue weighted by atomic mass is 35.5. The molecule has 2 heterocycles. The Kier molecular flexibility index (Phi) is 7.87. The molecule has 26 heavy (non-hydrogen) atoms. The van der Waals surface area contributed by atoms with Crippen molar-refractivity contribution in [3.05, 3.63) is 35.9 Å². The molecular formula is C19H29ClN4O2. The molecule has 2 aliphatic heterocycles. The summed E-state index contributed by atoms with van der Waals surface area (Å²) < 4.78 is 0. The summed E-state index contributed by atoms with van der Waals surface area (Å²) in [6.07, 6.45) is 1.23. The fourth-order valence-corrected chi connectivity index (χ4v) is 3.79. The monoisotopic (exact) mass is 380 g/mol. The second-order valence-electron chi connectivity index (χ2n) is 6.91. The van der Waals surface area contributed by atoms with Gasteiger partial charge in [-0.25, -0.2) is 0 Å². The molecule has 3 rings (SSSR count). The lowest BCUT2D eigenvalue weighted by Crippen LogP contribution is -2.44. The van der Waals surface area contributed by atoms with Crippen molar-refractivity contribution in [3.63, 3.8) is 0 Å². The lowest BCUT2D eigenvalue weighted by atomic mass is 9.93. The highest BCUT2D eigenvalue weighted by Gasteiger charge is 2.42. The van der Waals surface area contributed by atoms with Crippen molar-refractivity contribution in [2.24, 2.45) is 5.92 Å². The summed E-state index contributed by atoms with van der Waals surface area (Å²) in [4.78, 5) is 28.9. The maximum Gasteiger partial charge on any atom is 0.226 e. The molecule has 0 saturated carbocycles. The predicted molar refractivity (Wildman–Crippen MR) is 104 cm³/mol. The molecular weight excluding hydrogens is 352 g/mol. The smallest absolute Gasteiger partial charge is 0.226 e. The van der Waals surface area contributed by atoms with E-state index in [2.05, 4.69) is 15.5 Å². The van der Waals surface area contributed by atoms with Gasteiger partial charge in [0.1, 0.15) is 0 Å². The largest absolute Gasteiger partial charge is 0.356 e. The fourth-order valence-electron chi connectivity index (χ4n) is 3.79. The molecule has 0 aromatic heterocycles. The van der Waals surface area contributed by atoms with Crippen LogP contribution in [0.25, 0.3) is 0 Å². The van der Waals surface area contributed by atoms with Crippen LogP contribution in [0.1, 0.15) is 24.4 Å². The average Bonchev–Trinajstić information content (AvgIpc) is 2.95. The van der Waals surface area contributed by atoms with Crippen LogP contribution < -0.4 is 10.6 Å². The van der Waals surface area contributed by atoms with Crippen molar-refractivity contribution in [3.8, 4) is 0 Å². The van der Waals surface area contributed by atoms with E-state index < -0.39 is 0 Å². The van der Waals surface area contributed by atoms with Crippen LogP contribution in [-0.2, 0) is 9.59 Å². The van der Waals surface area contributed by atoms with Crippen molar-refractivity contribution in [1.29, 1.82) is 0 Å². The molecule has 7 heteroatoms.